The molecule has 0 saturated carbocycles. The van der Waals surface area contributed by atoms with Crippen molar-refractivity contribution in [1.82, 2.24) is 4.90 Å². The number of nitrogens with two attached hydrogens (primary N) is 1. The van der Waals surface area contributed by atoms with Gasteiger partial charge in [0.1, 0.15) is 5.75 Å². The second-order valence-electron chi connectivity index (χ2n) is 4.68. The average molecular weight is 234 g/mol. The van der Waals surface area contributed by atoms with Crippen LogP contribution < -0.4 is 10.5 Å². The zero-order chi connectivity index (χ0) is 11.9. The van der Waals surface area contributed by atoms with Crippen LogP contribution in [0.1, 0.15) is 25.7 Å². The molecule has 0 radical (unpaired) electrons. The van der Waals surface area contributed by atoms with Crippen LogP contribution in [-0.4, -0.2) is 31.1 Å². The van der Waals surface area contributed by atoms with E-state index in [0.29, 0.717) is 0 Å². The molecule has 1 aromatic rings. The molecule has 1 aliphatic rings. The smallest absolute Gasteiger partial charge is 0.121 e. The summed E-state index contributed by atoms with van der Waals surface area (Å²) in [5.74, 6) is 0.878. The van der Waals surface area contributed by atoms with E-state index in [9.17, 15) is 0 Å². The normalized spacial score (nSPS) is 16.9. The highest BCUT2D eigenvalue weighted by molar-refractivity contribution is 5.43. The largest absolute Gasteiger partial charge is 0.493 e. The molecule has 0 aliphatic carbocycles. The second kappa shape index (κ2) is 6.50. The van der Waals surface area contributed by atoms with Gasteiger partial charge in [0.25, 0.3) is 0 Å². The van der Waals surface area contributed by atoms with E-state index < -0.39 is 0 Å². The standard InChI is InChI=1S/C14H22N2O/c15-13-6-4-7-14(12-13)17-11-5-10-16-8-2-1-3-9-16/h4,6-7,12H,1-3,5,8-11,15H2. The maximum atomic E-state index is 5.69. The van der Waals surface area contributed by atoms with Crippen LogP contribution in [0.25, 0.3) is 0 Å². The lowest BCUT2D eigenvalue weighted by Crippen LogP contribution is -2.31. The highest BCUT2D eigenvalue weighted by Crippen LogP contribution is 2.15. The molecule has 2 rings (SSSR count). The fourth-order valence-electron chi connectivity index (χ4n) is 2.27. The predicted octanol–water partition coefficient (Wildman–Crippen LogP) is 2.52. The van der Waals surface area contributed by atoms with E-state index in [1.165, 1.54) is 32.4 Å². The molecular formula is C14H22N2O. The summed E-state index contributed by atoms with van der Waals surface area (Å²) in [5.41, 5.74) is 6.45. The van der Waals surface area contributed by atoms with Gasteiger partial charge < -0.3 is 15.4 Å². The number of hydrogen-bond acceptors (Lipinski definition) is 3. The Bertz CT molecular complexity index is 335. The quantitative estimate of drug-likeness (QED) is 0.628. The highest BCUT2D eigenvalue weighted by Gasteiger charge is 2.08. The third kappa shape index (κ3) is 4.27. The van der Waals surface area contributed by atoms with Crippen LogP contribution in [0.15, 0.2) is 24.3 Å². The Kier molecular flexibility index (Phi) is 4.68. The van der Waals surface area contributed by atoms with E-state index >= 15 is 0 Å². The first-order chi connectivity index (χ1) is 8.34. The van der Waals surface area contributed by atoms with Crippen LogP contribution in [-0.2, 0) is 0 Å². The van der Waals surface area contributed by atoms with Gasteiger partial charge in [-0.1, -0.05) is 12.5 Å². The molecule has 0 unspecified atom stereocenters. The van der Waals surface area contributed by atoms with Crippen LogP contribution in [0.4, 0.5) is 5.69 Å². The van der Waals surface area contributed by atoms with E-state index in [4.69, 9.17) is 10.5 Å². The molecule has 2 N–H and O–H groups in total. The number of benzene rings is 1. The Morgan fingerprint density at radius 2 is 2.00 bits per heavy atom. The van der Waals surface area contributed by atoms with Crippen LogP contribution in [0.2, 0.25) is 0 Å². The first-order valence-corrected chi connectivity index (χ1v) is 6.55. The summed E-state index contributed by atoms with van der Waals surface area (Å²) in [6.07, 6.45) is 5.21. The fraction of sp³-hybridized carbons (Fsp3) is 0.571. The molecule has 1 fully saturated rings. The lowest BCUT2D eigenvalue weighted by molar-refractivity contribution is 0.205. The summed E-state index contributed by atoms with van der Waals surface area (Å²) in [5, 5.41) is 0. The average Bonchev–Trinajstić information content (AvgIpc) is 2.36. The van der Waals surface area contributed by atoms with Crippen LogP contribution >= 0.6 is 0 Å². The molecule has 3 heteroatoms. The van der Waals surface area contributed by atoms with Gasteiger partial charge in [-0.15, -0.1) is 0 Å². The van der Waals surface area contributed by atoms with Crippen molar-refractivity contribution in [3.05, 3.63) is 24.3 Å². The summed E-state index contributed by atoms with van der Waals surface area (Å²) < 4.78 is 5.67. The monoisotopic (exact) mass is 234 g/mol. The minimum atomic E-state index is 0.763. The zero-order valence-corrected chi connectivity index (χ0v) is 10.4. The molecule has 3 nitrogen and oxygen atoms in total. The number of anilines is 1. The molecule has 0 aromatic heterocycles. The Labute approximate surface area is 104 Å². The van der Waals surface area contributed by atoms with E-state index in [1.54, 1.807) is 0 Å². The predicted molar refractivity (Wildman–Crippen MR) is 71.3 cm³/mol. The molecule has 1 heterocycles. The van der Waals surface area contributed by atoms with Gasteiger partial charge in [0.05, 0.1) is 6.61 Å². The van der Waals surface area contributed by atoms with Gasteiger partial charge in [-0.05, 0) is 44.5 Å². The van der Waals surface area contributed by atoms with Crippen molar-refractivity contribution in [3.63, 3.8) is 0 Å². The number of piperidine rings is 1. The summed E-state index contributed by atoms with van der Waals surface area (Å²) in [4.78, 5) is 2.53. The van der Waals surface area contributed by atoms with E-state index in [1.807, 2.05) is 24.3 Å². The number of nitrogens with zero attached hydrogens (tertiary/aromatic N) is 1. The van der Waals surface area contributed by atoms with Crippen molar-refractivity contribution < 1.29 is 4.74 Å². The molecule has 17 heavy (non-hydrogen) atoms. The van der Waals surface area contributed by atoms with Crippen molar-refractivity contribution in [2.75, 3.05) is 32.0 Å². The summed E-state index contributed by atoms with van der Waals surface area (Å²) in [6.45, 7) is 4.46. The van der Waals surface area contributed by atoms with E-state index in [0.717, 1.165) is 31.0 Å². The minimum absolute atomic E-state index is 0.763. The Hall–Kier alpha value is -1.22. The molecule has 1 aliphatic heterocycles. The molecule has 1 saturated heterocycles. The lowest BCUT2D eigenvalue weighted by Gasteiger charge is -2.26. The van der Waals surface area contributed by atoms with Gasteiger partial charge in [0.15, 0.2) is 0 Å². The fourth-order valence-corrected chi connectivity index (χ4v) is 2.27. The summed E-state index contributed by atoms with van der Waals surface area (Å²) >= 11 is 0. The molecule has 0 bridgehead atoms. The van der Waals surface area contributed by atoms with Gasteiger partial charge in [0, 0.05) is 18.3 Å². The first-order valence-electron chi connectivity index (χ1n) is 6.55. The molecule has 0 atom stereocenters. The van der Waals surface area contributed by atoms with Gasteiger partial charge in [-0.3, -0.25) is 0 Å². The number of hydrogen-bond donors (Lipinski definition) is 1. The Morgan fingerprint density at radius 1 is 1.18 bits per heavy atom. The lowest BCUT2D eigenvalue weighted by atomic mass is 10.1. The van der Waals surface area contributed by atoms with E-state index in [2.05, 4.69) is 4.90 Å². The third-order valence-electron chi connectivity index (χ3n) is 3.19. The number of ether oxygens (including phenoxy) is 1. The number of rotatable bonds is 5. The van der Waals surface area contributed by atoms with Gasteiger partial charge in [-0.25, -0.2) is 0 Å². The van der Waals surface area contributed by atoms with Crippen LogP contribution in [0.5, 0.6) is 5.75 Å². The van der Waals surface area contributed by atoms with Crippen molar-refractivity contribution in [1.29, 1.82) is 0 Å². The second-order valence-corrected chi connectivity index (χ2v) is 4.68. The van der Waals surface area contributed by atoms with Crippen molar-refractivity contribution in [2.24, 2.45) is 0 Å². The van der Waals surface area contributed by atoms with Crippen molar-refractivity contribution in [3.8, 4) is 5.75 Å². The zero-order valence-electron chi connectivity index (χ0n) is 10.4. The molecule has 94 valence electrons. The summed E-state index contributed by atoms with van der Waals surface area (Å²) in [6, 6.07) is 7.63. The molecular weight excluding hydrogens is 212 g/mol. The number of nitrogen functional groups attached to an aromatic ring is 1. The Balaban J connectivity index is 1.62. The van der Waals surface area contributed by atoms with Crippen molar-refractivity contribution in [2.45, 2.75) is 25.7 Å². The molecule has 0 amide bonds. The summed E-state index contributed by atoms with van der Waals surface area (Å²) in [7, 11) is 0. The van der Waals surface area contributed by atoms with Gasteiger partial charge >= 0.3 is 0 Å². The van der Waals surface area contributed by atoms with Crippen LogP contribution in [0.3, 0.4) is 0 Å². The van der Waals surface area contributed by atoms with Crippen molar-refractivity contribution >= 4 is 5.69 Å². The SMILES string of the molecule is Nc1cccc(OCCCN2CCCCC2)c1. The maximum Gasteiger partial charge on any atom is 0.121 e. The topological polar surface area (TPSA) is 38.5 Å². The first kappa shape index (κ1) is 12.2. The minimum Gasteiger partial charge on any atom is -0.493 e. The Morgan fingerprint density at radius 3 is 2.76 bits per heavy atom. The molecule has 1 aromatic carbocycles. The van der Waals surface area contributed by atoms with Crippen LogP contribution in [0, 0.1) is 0 Å². The highest BCUT2D eigenvalue weighted by atomic mass is 16.5. The maximum absolute atomic E-state index is 5.69. The van der Waals surface area contributed by atoms with E-state index in [-0.39, 0.29) is 0 Å². The van der Waals surface area contributed by atoms with Gasteiger partial charge in [0.2, 0.25) is 0 Å². The van der Waals surface area contributed by atoms with Gasteiger partial charge in [-0.2, -0.15) is 0 Å². The number of likely N-dealkylation sites (tertiary alicyclic amines) is 1. The third-order valence-corrected chi connectivity index (χ3v) is 3.19. The molecule has 0 spiro atoms.